The number of rotatable bonds is 2. The summed E-state index contributed by atoms with van der Waals surface area (Å²) in [4.78, 5) is 4.43. The van der Waals surface area contributed by atoms with Crippen LogP contribution in [0.5, 0.6) is 0 Å². The van der Waals surface area contributed by atoms with Crippen molar-refractivity contribution in [3.8, 4) is 0 Å². The lowest BCUT2D eigenvalue weighted by Gasteiger charge is -2.07. The summed E-state index contributed by atoms with van der Waals surface area (Å²) in [5, 5.41) is 0.631. The van der Waals surface area contributed by atoms with E-state index in [4.69, 9.17) is 5.73 Å². The highest BCUT2D eigenvalue weighted by Crippen LogP contribution is 2.38. The van der Waals surface area contributed by atoms with E-state index in [1.54, 1.807) is 0 Å². The van der Waals surface area contributed by atoms with Crippen LogP contribution in [0.25, 0.3) is 0 Å². The smallest absolute Gasteiger partial charge is 0.0533 e. The van der Waals surface area contributed by atoms with Crippen molar-refractivity contribution in [2.45, 2.75) is 24.6 Å². The molecule has 13 heavy (non-hydrogen) atoms. The van der Waals surface area contributed by atoms with Crippen molar-refractivity contribution in [3.05, 3.63) is 29.6 Å². The molecule has 1 atom stereocenters. The second-order valence-electron chi connectivity index (χ2n) is 3.30. The van der Waals surface area contributed by atoms with E-state index in [1.807, 2.05) is 18.0 Å². The van der Waals surface area contributed by atoms with Crippen LogP contribution in [-0.4, -0.2) is 10.7 Å². The van der Waals surface area contributed by atoms with Gasteiger partial charge in [-0.05, 0) is 30.2 Å². The van der Waals surface area contributed by atoms with E-state index in [9.17, 15) is 0 Å². The highest BCUT2D eigenvalue weighted by atomic mass is 32.2. The maximum atomic E-state index is 5.51. The number of nitrogens with zero attached hydrogens (tertiary/aromatic N) is 1. The maximum Gasteiger partial charge on any atom is 0.0533 e. The molecular weight excluding hydrogens is 180 g/mol. The van der Waals surface area contributed by atoms with Crippen molar-refractivity contribution in [2.75, 3.05) is 5.75 Å². The minimum Gasteiger partial charge on any atom is -0.326 e. The van der Waals surface area contributed by atoms with Gasteiger partial charge in [0.15, 0.2) is 0 Å². The average molecular weight is 194 g/mol. The zero-order valence-electron chi connectivity index (χ0n) is 7.57. The molecule has 0 bridgehead atoms. The van der Waals surface area contributed by atoms with Gasteiger partial charge in [0.2, 0.25) is 0 Å². The molecule has 0 radical (unpaired) electrons. The molecule has 70 valence electrons. The van der Waals surface area contributed by atoms with E-state index in [2.05, 4.69) is 17.1 Å². The molecule has 2 N–H and O–H groups in total. The lowest BCUT2D eigenvalue weighted by Crippen LogP contribution is -1.99. The predicted molar refractivity (Wildman–Crippen MR) is 56.6 cm³/mol. The standard InChI is InChI=1S/C10H14N2S/c11-6-8-3-4-9(12-7-8)10-2-1-5-13-10/h3-4,7,10H,1-2,5-6,11H2. The third-order valence-corrected chi connectivity index (χ3v) is 3.75. The summed E-state index contributed by atoms with van der Waals surface area (Å²) < 4.78 is 0. The quantitative estimate of drug-likeness (QED) is 0.783. The van der Waals surface area contributed by atoms with Crippen LogP contribution < -0.4 is 5.73 Å². The van der Waals surface area contributed by atoms with Crippen molar-refractivity contribution in [2.24, 2.45) is 5.73 Å². The van der Waals surface area contributed by atoms with Gasteiger partial charge in [0, 0.05) is 18.0 Å². The van der Waals surface area contributed by atoms with Crippen LogP contribution in [0.2, 0.25) is 0 Å². The Morgan fingerprint density at radius 1 is 1.54 bits per heavy atom. The Kier molecular flexibility index (Phi) is 2.86. The second-order valence-corrected chi connectivity index (χ2v) is 4.61. The summed E-state index contributed by atoms with van der Waals surface area (Å²) in [5.74, 6) is 1.28. The van der Waals surface area contributed by atoms with E-state index in [-0.39, 0.29) is 0 Å². The first kappa shape index (κ1) is 9.03. The van der Waals surface area contributed by atoms with Gasteiger partial charge >= 0.3 is 0 Å². The molecule has 1 aromatic heterocycles. The summed E-state index contributed by atoms with van der Waals surface area (Å²) in [6.07, 6.45) is 4.50. The Morgan fingerprint density at radius 2 is 2.46 bits per heavy atom. The van der Waals surface area contributed by atoms with Gasteiger partial charge in [-0.1, -0.05) is 6.07 Å². The van der Waals surface area contributed by atoms with Gasteiger partial charge in [-0.25, -0.2) is 0 Å². The molecule has 2 rings (SSSR count). The van der Waals surface area contributed by atoms with Gasteiger partial charge in [0.25, 0.3) is 0 Å². The number of aromatic nitrogens is 1. The molecule has 2 heterocycles. The zero-order valence-corrected chi connectivity index (χ0v) is 8.39. The Hall–Kier alpha value is -0.540. The second kappa shape index (κ2) is 4.11. The molecule has 0 amide bonds. The van der Waals surface area contributed by atoms with Crippen molar-refractivity contribution in [1.82, 2.24) is 4.98 Å². The summed E-state index contributed by atoms with van der Waals surface area (Å²) >= 11 is 2.02. The number of nitrogens with two attached hydrogens (primary N) is 1. The zero-order chi connectivity index (χ0) is 9.10. The molecule has 1 aliphatic rings. The number of pyridine rings is 1. The monoisotopic (exact) mass is 194 g/mol. The van der Waals surface area contributed by atoms with E-state index < -0.39 is 0 Å². The number of hydrogen-bond acceptors (Lipinski definition) is 3. The van der Waals surface area contributed by atoms with Crippen LogP contribution in [0.15, 0.2) is 18.3 Å². The predicted octanol–water partition coefficient (Wildman–Crippen LogP) is 2.11. The van der Waals surface area contributed by atoms with Crippen molar-refractivity contribution in [1.29, 1.82) is 0 Å². The molecule has 1 aliphatic heterocycles. The molecule has 1 fully saturated rings. The third-order valence-electron chi connectivity index (χ3n) is 2.34. The molecule has 3 heteroatoms. The highest BCUT2D eigenvalue weighted by Gasteiger charge is 2.18. The van der Waals surface area contributed by atoms with Gasteiger partial charge in [0.05, 0.1) is 5.69 Å². The Balaban J connectivity index is 2.12. The molecule has 2 nitrogen and oxygen atoms in total. The van der Waals surface area contributed by atoms with Gasteiger partial charge in [-0.2, -0.15) is 11.8 Å². The number of thioether (sulfide) groups is 1. The maximum absolute atomic E-state index is 5.51. The lowest BCUT2D eigenvalue weighted by molar-refractivity contribution is 0.804. The summed E-state index contributed by atoms with van der Waals surface area (Å²) in [5.41, 5.74) is 7.85. The fourth-order valence-electron chi connectivity index (χ4n) is 1.56. The van der Waals surface area contributed by atoms with E-state index in [0.29, 0.717) is 11.8 Å². The van der Waals surface area contributed by atoms with Crippen molar-refractivity contribution < 1.29 is 0 Å². The Labute approximate surface area is 82.9 Å². The summed E-state index contributed by atoms with van der Waals surface area (Å²) in [6.45, 7) is 0.588. The normalized spacial score (nSPS) is 22.1. The van der Waals surface area contributed by atoms with Gasteiger partial charge in [-0.3, -0.25) is 4.98 Å². The fourth-order valence-corrected chi connectivity index (χ4v) is 2.82. The first-order valence-corrected chi connectivity index (χ1v) is 5.71. The highest BCUT2D eigenvalue weighted by molar-refractivity contribution is 7.99. The first-order valence-electron chi connectivity index (χ1n) is 4.66. The topological polar surface area (TPSA) is 38.9 Å². The minimum atomic E-state index is 0.588. The van der Waals surface area contributed by atoms with Crippen LogP contribution in [0.3, 0.4) is 0 Å². The van der Waals surface area contributed by atoms with Crippen LogP contribution in [0.4, 0.5) is 0 Å². The molecule has 1 saturated heterocycles. The fraction of sp³-hybridized carbons (Fsp3) is 0.500. The van der Waals surface area contributed by atoms with Crippen LogP contribution in [0, 0.1) is 0 Å². The molecule has 0 aliphatic carbocycles. The van der Waals surface area contributed by atoms with Crippen molar-refractivity contribution in [3.63, 3.8) is 0 Å². The molecular formula is C10H14N2S. The van der Waals surface area contributed by atoms with Gasteiger partial charge in [0.1, 0.15) is 0 Å². The minimum absolute atomic E-state index is 0.588. The van der Waals surface area contributed by atoms with Gasteiger partial charge in [-0.15, -0.1) is 0 Å². The molecule has 0 aromatic carbocycles. The summed E-state index contributed by atoms with van der Waals surface area (Å²) in [6, 6.07) is 4.20. The first-order chi connectivity index (χ1) is 6.40. The molecule has 0 saturated carbocycles. The summed E-state index contributed by atoms with van der Waals surface area (Å²) in [7, 11) is 0. The SMILES string of the molecule is NCc1ccc(C2CCCS2)nc1. The molecule has 1 unspecified atom stereocenters. The largest absolute Gasteiger partial charge is 0.326 e. The van der Waals surface area contributed by atoms with E-state index in [0.717, 1.165) is 5.56 Å². The van der Waals surface area contributed by atoms with E-state index in [1.165, 1.54) is 24.3 Å². The van der Waals surface area contributed by atoms with Gasteiger partial charge < -0.3 is 5.73 Å². The van der Waals surface area contributed by atoms with Crippen LogP contribution in [-0.2, 0) is 6.54 Å². The van der Waals surface area contributed by atoms with Crippen LogP contribution >= 0.6 is 11.8 Å². The van der Waals surface area contributed by atoms with E-state index >= 15 is 0 Å². The number of hydrogen-bond donors (Lipinski definition) is 1. The van der Waals surface area contributed by atoms with Crippen LogP contribution in [0.1, 0.15) is 29.3 Å². The molecule has 1 aromatic rings. The lowest BCUT2D eigenvalue weighted by atomic mass is 10.1. The third kappa shape index (κ3) is 2.03. The Bertz CT molecular complexity index is 265. The van der Waals surface area contributed by atoms with Crippen molar-refractivity contribution >= 4 is 11.8 Å². The molecule has 0 spiro atoms. The average Bonchev–Trinajstić information content (AvgIpc) is 2.71. The Morgan fingerprint density at radius 3 is 3.00 bits per heavy atom.